The second-order valence-corrected chi connectivity index (χ2v) is 7.02. The molecule has 0 fully saturated rings. The smallest absolute Gasteiger partial charge is 0.211 e. The number of sulfonamides is 1. The summed E-state index contributed by atoms with van der Waals surface area (Å²) in [5, 5.41) is 0.667. The van der Waals surface area contributed by atoms with Gasteiger partial charge in [-0.1, -0.05) is 18.5 Å². The Bertz CT molecular complexity index is 682. The highest BCUT2D eigenvalue weighted by Crippen LogP contribution is 2.17. The van der Waals surface area contributed by atoms with Crippen molar-refractivity contribution in [2.24, 2.45) is 0 Å². The molecule has 7 heteroatoms. The van der Waals surface area contributed by atoms with E-state index in [0.29, 0.717) is 30.8 Å². The zero-order valence-electron chi connectivity index (χ0n) is 11.3. The molecule has 20 heavy (non-hydrogen) atoms. The molecule has 5 nitrogen and oxygen atoms in total. The zero-order valence-corrected chi connectivity index (χ0v) is 12.9. The molecule has 0 amide bonds. The third-order valence-corrected chi connectivity index (χ3v) is 4.70. The summed E-state index contributed by atoms with van der Waals surface area (Å²) in [7, 11) is -3.11. The van der Waals surface area contributed by atoms with Crippen molar-refractivity contribution in [2.45, 2.75) is 26.2 Å². The SMILES string of the molecule is CCCS(=O)(=O)NCCCc1nc2ccc(Cl)cc2[nH]1. The Labute approximate surface area is 123 Å². The number of imidazole rings is 1. The van der Waals surface area contributed by atoms with Crippen LogP contribution >= 0.6 is 11.6 Å². The van der Waals surface area contributed by atoms with Crippen molar-refractivity contribution in [2.75, 3.05) is 12.3 Å². The van der Waals surface area contributed by atoms with Gasteiger partial charge in [-0.2, -0.15) is 0 Å². The van der Waals surface area contributed by atoms with Gasteiger partial charge < -0.3 is 4.98 Å². The van der Waals surface area contributed by atoms with Gasteiger partial charge in [0.1, 0.15) is 5.82 Å². The van der Waals surface area contributed by atoms with Crippen LogP contribution in [0.3, 0.4) is 0 Å². The second-order valence-electron chi connectivity index (χ2n) is 4.66. The molecule has 0 aliphatic carbocycles. The van der Waals surface area contributed by atoms with Crippen molar-refractivity contribution < 1.29 is 8.42 Å². The number of nitrogens with one attached hydrogen (secondary N) is 2. The minimum Gasteiger partial charge on any atom is -0.342 e. The number of fused-ring (bicyclic) bond motifs is 1. The Hall–Kier alpha value is -1.11. The topological polar surface area (TPSA) is 74.8 Å². The largest absolute Gasteiger partial charge is 0.342 e. The summed E-state index contributed by atoms with van der Waals surface area (Å²) < 4.78 is 25.5. The predicted molar refractivity (Wildman–Crippen MR) is 81.5 cm³/mol. The monoisotopic (exact) mass is 315 g/mol. The molecule has 2 aromatic rings. The number of benzene rings is 1. The van der Waals surface area contributed by atoms with Gasteiger partial charge in [-0.3, -0.25) is 0 Å². The molecule has 0 saturated heterocycles. The minimum absolute atomic E-state index is 0.177. The summed E-state index contributed by atoms with van der Waals surface area (Å²) in [6.45, 7) is 2.28. The number of aryl methyl sites for hydroxylation is 1. The van der Waals surface area contributed by atoms with E-state index in [1.807, 2.05) is 19.1 Å². The molecule has 2 rings (SSSR count). The number of aromatic nitrogens is 2. The molecule has 1 aromatic heterocycles. The van der Waals surface area contributed by atoms with E-state index in [1.165, 1.54) is 0 Å². The first kappa shape index (κ1) is 15.3. The standard InChI is InChI=1S/C13H18ClN3O2S/c1-2-8-20(18,19)15-7-3-4-13-16-11-6-5-10(14)9-12(11)17-13/h5-6,9,15H,2-4,7-8H2,1H3,(H,16,17). The van der Waals surface area contributed by atoms with Gasteiger partial charge >= 0.3 is 0 Å². The molecule has 110 valence electrons. The summed E-state index contributed by atoms with van der Waals surface area (Å²) in [5.74, 6) is 1.02. The van der Waals surface area contributed by atoms with Crippen molar-refractivity contribution >= 4 is 32.7 Å². The van der Waals surface area contributed by atoms with Gasteiger partial charge in [0, 0.05) is 18.0 Å². The Morgan fingerprint density at radius 2 is 2.20 bits per heavy atom. The first-order valence-electron chi connectivity index (χ1n) is 6.61. The Balaban J connectivity index is 1.87. The van der Waals surface area contributed by atoms with Crippen molar-refractivity contribution in [3.05, 3.63) is 29.0 Å². The van der Waals surface area contributed by atoms with Gasteiger partial charge in [0.15, 0.2) is 0 Å². The molecule has 0 bridgehead atoms. The van der Waals surface area contributed by atoms with Gasteiger partial charge in [0.25, 0.3) is 0 Å². The molecule has 0 unspecified atom stereocenters. The molecule has 1 aromatic carbocycles. The highest BCUT2D eigenvalue weighted by Gasteiger charge is 2.08. The summed E-state index contributed by atoms with van der Waals surface area (Å²) >= 11 is 5.91. The average molecular weight is 316 g/mol. The maximum Gasteiger partial charge on any atom is 0.211 e. The van der Waals surface area contributed by atoms with Crippen LogP contribution < -0.4 is 4.72 Å². The van der Waals surface area contributed by atoms with E-state index in [2.05, 4.69) is 14.7 Å². The van der Waals surface area contributed by atoms with Crippen molar-refractivity contribution in [3.8, 4) is 0 Å². The lowest BCUT2D eigenvalue weighted by atomic mass is 10.3. The van der Waals surface area contributed by atoms with Crippen LogP contribution in [-0.2, 0) is 16.4 Å². The molecular formula is C13H18ClN3O2S. The zero-order chi connectivity index (χ0) is 14.6. The Kier molecular flexibility index (Phi) is 5.01. The molecule has 1 heterocycles. The molecule has 0 aliphatic heterocycles. The van der Waals surface area contributed by atoms with E-state index in [0.717, 1.165) is 16.9 Å². The highest BCUT2D eigenvalue weighted by molar-refractivity contribution is 7.89. The lowest BCUT2D eigenvalue weighted by Gasteiger charge is -2.04. The molecule has 0 aliphatic rings. The fraction of sp³-hybridized carbons (Fsp3) is 0.462. The summed E-state index contributed by atoms with van der Waals surface area (Å²) in [6, 6.07) is 5.49. The van der Waals surface area contributed by atoms with Crippen LogP contribution in [0.4, 0.5) is 0 Å². The molecule has 0 radical (unpaired) electrons. The van der Waals surface area contributed by atoms with Crippen LogP contribution in [0.5, 0.6) is 0 Å². The first-order valence-corrected chi connectivity index (χ1v) is 8.64. The number of hydrogen-bond donors (Lipinski definition) is 2. The van der Waals surface area contributed by atoms with Crippen LogP contribution in [0.2, 0.25) is 5.02 Å². The molecule has 0 spiro atoms. The highest BCUT2D eigenvalue weighted by atomic mass is 35.5. The van der Waals surface area contributed by atoms with Gasteiger partial charge in [-0.25, -0.2) is 18.1 Å². The third kappa shape index (κ3) is 4.19. The quantitative estimate of drug-likeness (QED) is 0.771. The van der Waals surface area contributed by atoms with Gasteiger partial charge in [0.05, 0.1) is 16.8 Å². The number of aromatic amines is 1. The number of halogens is 1. The van der Waals surface area contributed by atoms with Crippen molar-refractivity contribution in [1.29, 1.82) is 0 Å². The minimum atomic E-state index is -3.11. The van der Waals surface area contributed by atoms with E-state index in [4.69, 9.17) is 11.6 Å². The molecule has 0 saturated carbocycles. The van der Waals surface area contributed by atoms with E-state index >= 15 is 0 Å². The van der Waals surface area contributed by atoms with Crippen LogP contribution in [0.15, 0.2) is 18.2 Å². The van der Waals surface area contributed by atoms with Crippen LogP contribution in [-0.4, -0.2) is 30.7 Å². The van der Waals surface area contributed by atoms with Crippen molar-refractivity contribution in [3.63, 3.8) is 0 Å². The number of nitrogens with zero attached hydrogens (tertiary/aromatic N) is 1. The fourth-order valence-corrected chi connectivity index (χ4v) is 3.29. The van der Waals surface area contributed by atoms with Crippen LogP contribution in [0.25, 0.3) is 11.0 Å². The maximum absolute atomic E-state index is 11.5. The number of H-pyrrole nitrogens is 1. The fourth-order valence-electron chi connectivity index (χ4n) is 1.98. The van der Waals surface area contributed by atoms with E-state index < -0.39 is 10.0 Å². The first-order chi connectivity index (χ1) is 9.50. The second kappa shape index (κ2) is 6.56. The number of rotatable bonds is 7. The van der Waals surface area contributed by atoms with E-state index in [9.17, 15) is 8.42 Å². The van der Waals surface area contributed by atoms with Crippen LogP contribution in [0.1, 0.15) is 25.6 Å². The maximum atomic E-state index is 11.5. The molecule has 0 atom stereocenters. The Morgan fingerprint density at radius 3 is 2.95 bits per heavy atom. The lowest BCUT2D eigenvalue weighted by Crippen LogP contribution is -2.27. The van der Waals surface area contributed by atoms with Crippen molar-refractivity contribution in [1.82, 2.24) is 14.7 Å². The normalized spacial score (nSPS) is 12.1. The summed E-state index contributed by atoms with van der Waals surface area (Å²) in [5.41, 5.74) is 1.77. The van der Waals surface area contributed by atoms with Gasteiger partial charge in [0.2, 0.25) is 10.0 Å². The summed E-state index contributed by atoms with van der Waals surface area (Å²) in [6.07, 6.45) is 2.02. The predicted octanol–water partition coefficient (Wildman–Crippen LogP) is 2.48. The summed E-state index contributed by atoms with van der Waals surface area (Å²) in [4.78, 5) is 7.62. The average Bonchev–Trinajstić information content (AvgIpc) is 2.76. The van der Waals surface area contributed by atoms with Crippen LogP contribution in [0, 0.1) is 0 Å². The molecule has 2 N–H and O–H groups in total. The lowest BCUT2D eigenvalue weighted by molar-refractivity contribution is 0.577. The Morgan fingerprint density at radius 1 is 1.40 bits per heavy atom. The number of hydrogen-bond acceptors (Lipinski definition) is 3. The van der Waals surface area contributed by atoms with E-state index in [1.54, 1.807) is 6.07 Å². The van der Waals surface area contributed by atoms with Gasteiger partial charge in [-0.15, -0.1) is 0 Å². The van der Waals surface area contributed by atoms with E-state index in [-0.39, 0.29) is 5.75 Å². The van der Waals surface area contributed by atoms with Gasteiger partial charge in [-0.05, 0) is 31.0 Å². The third-order valence-electron chi connectivity index (χ3n) is 2.88. The molecular weight excluding hydrogens is 298 g/mol.